The second kappa shape index (κ2) is 57.9. The Morgan fingerprint density at radius 2 is 0.483 bits per heavy atom. The SMILES string of the molecule is CC(C)CCCCCCCCCCCCCCC(=O)O[C@H](COC(=O)CCCCCCCCCCCC(C)C)COP(=O)(O)OCC(O)COP(=O)(O)OC[C@@H](COC(=O)CCCCCCCCCC(C)C)OC(=O)CCCCCCCCCC(C)C. The normalized spacial score (nSPS) is 14.3. The molecular formula is C68H132O17P2. The van der Waals surface area contributed by atoms with E-state index < -0.39 is 97.5 Å². The highest BCUT2D eigenvalue weighted by Gasteiger charge is 2.30. The minimum Gasteiger partial charge on any atom is -0.462 e. The Hall–Kier alpha value is -1.94. The molecule has 0 spiro atoms. The molecule has 3 N–H and O–H groups in total. The van der Waals surface area contributed by atoms with Crippen LogP contribution in [0.1, 0.15) is 331 Å². The van der Waals surface area contributed by atoms with E-state index in [4.69, 9.17) is 37.0 Å². The first-order valence-corrected chi connectivity index (χ1v) is 38.2. The zero-order chi connectivity index (χ0) is 64.7. The molecule has 0 aromatic heterocycles. The number of esters is 4. The Morgan fingerprint density at radius 3 is 0.713 bits per heavy atom. The second-order valence-corrected chi connectivity index (χ2v) is 29.4. The summed E-state index contributed by atoms with van der Waals surface area (Å²) >= 11 is 0. The van der Waals surface area contributed by atoms with Crippen molar-refractivity contribution in [3.8, 4) is 0 Å². The summed E-state index contributed by atoms with van der Waals surface area (Å²) in [6, 6.07) is 0. The molecule has 17 nitrogen and oxygen atoms in total. The zero-order valence-electron chi connectivity index (χ0n) is 56.6. The van der Waals surface area contributed by atoms with Crippen molar-refractivity contribution in [1.82, 2.24) is 0 Å². The van der Waals surface area contributed by atoms with Crippen LogP contribution in [-0.2, 0) is 65.4 Å². The third-order valence-electron chi connectivity index (χ3n) is 15.6. The van der Waals surface area contributed by atoms with Gasteiger partial charge in [0.25, 0.3) is 0 Å². The maximum Gasteiger partial charge on any atom is 0.472 e. The lowest BCUT2D eigenvalue weighted by Gasteiger charge is -2.21. The van der Waals surface area contributed by atoms with Crippen LogP contribution in [0.4, 0.5) is 0 Å². The molecule has 0 heterocycles. The fraction of sp³-hybridized carbons (Fsp3) is 0.941. The van der Waals surface area contributed by atoms with E-state index in [1.54, 1.807) is 0 Å². The van der Waals surface area contributed by atoms with Gasteiger partial charge in [0.2, 0.25) is 0 Å². The van der Waals surface area contributed by atoms with Crippen LogP contribution in [0.3, 0.4) is 0 Å². The molecule has 0 aliphatic heterocycles. The van der Waals surface area contributed by atoms with Gasteiger partial charge in [-0.2, -0.15) is 0 Å². The standard InChI is InChI=1S/C68H132O17P2/c1-58(2)44-36-28-20-14-11-9-10-12-16-25-34-42-50-67(72)84-63(54-78-65(70)48-40-32-24-17-13-15-21-29-37-45-59(3)4)56-82-86(74,75)80-52-62(69)53-81-87(76,77)83-57-64(85-68(73)51-43-35-27-19-23-31-39-47-61(7)8)55-79-66(71)49-41-33-26-18-22-30-38-46-60(5)6/h58-64,69H,9-57H2,1-8H3,(H,74,75)(H,76,77)/t62?,63-,64-/m1/s1. The van der Waals surface area contributed by atoms with Gasteiger partial charge in [0.05, 0.1) is 26.4 Å². The minimum absolute atomic E-state index is 0.102. The number of carbonyl (C=O) groups excluding carboxylic acids is 4. The third kappa shape index (κ3) is 62.6. The van der Waals surface area contributed by atoms with E-state index in [9.17, 15) is 43.2 Å². The number of hydrogen-bond donors (Lipinski definition) is 3. The van der Waals surface area contributed by atoms with Crippen LogP contribution in [0.2, 0.25) is 0 Å². The van der Waals surface area contributed by atoms with Crippen LogP contribution in [0.15, 0.2) is 0 Å². The zero-order valence-corrected chi connectivity index (χ0v) is 58.4. The van der Waals surface area contributed by atoms with Gasteiger partial charge in [0, 0.05) is 25.7 Å². The Morgan fingerprint density at radius 1 is 0.287 bits per heavy atom. The summed E-state index contributed by atoms with van der Waals surface area (Å²) in [4.78, 5) is 72.4. The number of phosphoric acid groups is 2. The molecule has 0 bridgehead atoms. The molecule has 0 saturated heterocycles. The van der Waals surface area contributed by atoms with Crippen LogP contribution in [0.5, 0.6) is 0 Å². The average molecular weight is 1280 g/mol. The van der Waals surface area contributed by atoms with Gasteiger partial charge in [0.15, 0.2) is 12.2 Å². The van der Waals surface area contributed by atoms with Crippen molar-refractivity contribution in [3.63, 3.8) is 0 Å². The van der Waals surface area contributed by atoms with Crippen molar-refractivity contribution < 1.29 is 80.2 Å². The Bertz CT molecular complexity index is 1730. The first kappa shape index (κ1) is 85.1. The molecule has 19 heteroatoms. The van der Waals surface area contributed by atoms with Crippen molar-refractivity contribution in [2.24, 2.45) is 23.7 Å². The summed E-state index contributed by atoms with van der Waals surface area (Å²) in [6.07, 6.45) is 39.1. The number of hydrogen-bond acceptors (Lipinski definition) is 15. The van der Waals surface area contributed by atoms with Gasteiger partial charge in [-0.3, -0.25) is 37.3 Å². The second-order valence-electron chi connectivity index (χ2n) is 26.5. The maximum absolute atomic E-state index is 13.0. The minimum atomic E-state index is -4.95. The topological polar surface area (TPSA) is 237 Å². The quantitative estimate of drug-likeness (QED) is 0.0222. The Labute approximate surface area is 530 Å². The van der Waals surface area contributed by atoms with Crippen LogP contribution in [0, 0.1) is 23.7 Å². The van der Waals surface area contributed by atoms with Gasteiger partial charge < -0.3 is 33.8 Å². The Balaban J connectivity index is 5.25. The van der Waals surface area contributed by atoms with Crippen LogP contribution < -0.4 is 0 Å². The highest BCUT2D eigenvalue weighted by molar-refractivity contribution is 7.47. The number of rotatable bonds is 65. The molecule has 0 aliphatic carbocycles. The number of aliphatic hydroxyl groups is 1. The fourth-order valence-corrected chi connectivity index (χ4v) is 11.7. The molecule has 0 aromatic carbocycles. The van der Waals surface area contributed by atoms with Crippen LogP contribution in [-0.4, -0.2) is 96.7 Å². The molecule has 0 radical (unpaired) electrons. The predicted molar refractivity (Wildman–Crippen MR) is 349 cm³/mol. The lowest BCUT2D eigenvalue weighted by molar-refractivity contribution is -0.161. The van der Waals surface area contributed by atoms with E-state index in [1.165, 1.54) is 128 Å². The summed E-state index contributed by atoms with van der Waals surface area (Å²) in [7, 11) is -9.90. The molecule has 87 heavy (non-hydrogen) atoms. The number of phosphoric ester groups is 2. The predicted octanol–water partition coefficient (Wildman–Crippen LogP) is 18.9. The van der Waals surface area contributed by atoms with Gasteiger partial charge in [-0.15, -0.1) is 0 Å². The molecule has 516 valence electrons. The average Bonchev–Trinajstić information content (AvgIpc) is 3.53. The van der Waals surface area contributed by atoms with Crippen molar-refractivity contribution in [3.05, 3.63) is 0 Å². The summed E-state index contributed by atoms with van der Waals surface area (Å²) in [5, 5.41) is 10.6. The Kier molecular flexibility index (Phi) is 56.6. The van der Waals surface area contributed by atoms with E-state index in [0.717, 1.165) is 108 Å². The molecule has 0 saturated carbocycles. The molecule has 0 fully saturated rings. The lowest BCUT2D eigenvalue weighted by atomic mass is 10.0. The third-order valence-corrected chi connectivity index (χ3v) is 17.5. The van der Waals surface area contributed by atoms with E-state index in [1.807, 2.05) is 0 Å². The maximum atomic E-state index is 13.0. The van der Waals surface area contributed by atoms with E-state index in [0.29, 0.717) is 37.5 Å². The van der Waals surface area contributed by atoms with Crippen molar-refractivity contribution >= 4 is 39.5 Å². The smallest absolute Gasteiger partial charge is 0.462 e. The number of aliphatic hydroxyl groups excluding tert-OH is 1. The van der Waals surface area contributed by atoms with E-state index in [-0.39, 0.29) is 25.7 Å². The monoisotopic (exact) mass is 1280 g/mol. The molecule has 5 atom stereocenters. The first-order valence-electron chi connectivity index (χ1n) is 35.2. The van der Waals surface area contributed by atoms with Crippen LogP contribution >= 0.6 is 15.6 Å². The molecular weight excluding hydrogens is 1150 g/mol. The van der Waals surface area contributed by atoms with Crippen LogP contribution in [0.25, 0.3) is 0 Å². The number of ether oxygens (including phenoxy) is 4. The van der Waals surface area contributed by atoms with E-state index in [2.05, 4.69) is 55.4 Å². The van der Waals surface area contributed by atoms with Gasteiger partial charge in [-0.05, 0) is 49.4 Å². The molecule has 0 aliphatic rings. The summed E-state index contributed by atoms with van der Waals surface area (Å²) in [5.41, 5.74) is 0. The van der Waals surface area contributed by atoms with Gasteiger partial charge in [-0.1, -0.05) is 280 Å². The lowest BCUT2D eigenvalue weighted by Crippen LogP contribution is -2.30. The highest BCUT2D eigenvalue weighted by Crippen LogP contribution is 2.45. The fourth-order valence-electron chi connectivity index (χ4n) is 10.1. The molecule has 3 unspecified atom stereocenters. The first-order chi connectivity index (χ1) is 41.6. The molecule has 0 aromatic rings. The summed E-state index contributed by atoms with van der Waals surface area (Å²) in [5.74, 6) is 0.787. The number of carbonyl (C=O) groups is 4. The van der Waals surface area contributed by atoms with E-state index >= 15 is 0 Å². The number of unbranched alkanes of at least 4 members (excludes halogenated alkanes) is 31. The van der Waals surface area contributed by atoms with Gasteiger partial charge in [-0.25, -0.2) is 9.13 Å². The highest BCUT2D eigenvalue weighted by atomic mass is 31.2. The molecule has 0 amide bonds. The van der Waals surface area contributed by atoms with Gasteiger partial charge in [0.1, 0.15) is 19.3 Å². The van der Waals surface area contributed by atoms with Gasteiger partial charge >= 0.3 is 39.5 Å². The van der Waals surface area contributed by atoms with Crippen molar-refractivity contribution in [2.45, 2.75) is 350 Å². The largest absolute Gasteiger partial charge is 0.472 e. The van der Waals surface area contributed by atoms with Crippen molar-refractivity contribution in [2.75, 3.05) is 39.6 Å². The van der Waals surface area contributed by atoms with Crippen molar-refractivity contribution in [1.29, 1.82) is 0 Å². The molecule has 0 rings (SSSR count). The summed E-state index contributed by atoms with van der Waals surface area (Å²) in [6.45, 7) is 14.0. The summed E-state index contributed by atoms with van der Waals surface area (Å²) < 4.78 is 68.2.